The maximum Gasteiger partial charge on any atom is 0.307 e. The molecule has 2 amide bonds. The predicted octanol–water partition coefficient (Wildman–Crippen LogP) is 1.95. The van der Waals surface area contributed by atoms with Crippen LogP contribution >= 0.6 is 11.3 Å². The Morgan fingerprint density at radius 1 is 1.32 bits per heavy atom. The van der Waals surface area contributed by atoms with Crippen LogP contribution < -0.4 is 15.5 Å². The summed E-state index contributed by atoms with van der Waals surface area (Å²) in [6.07, 6.45) is 0. The number of hydrogen-bond acceptors (Lipinski definition) is 4. The summed E-state index contributed by atoms with van der Waals surface area (Å²) < 4.78 is 15.0. The molecule has 116 valence electrons. The van der Waals surface area contributed by atoms with Gasteiger partial charge in [-0.1, -0.05) is 11.3 Å². The van der Waals surface area contributed by atoms with Crippen LogP contribution in [-0.4, -0.2) is 16.4 Å². The second-order valence-electron chi connectivity index (χ2n) is 4.65. The normalized spacial score (nSPS) is 10.3. The van der Waals surface area contributed by atoms with Crippen molar-refractivity contribution in [2.45, 2.75) is 20.4 Å². The van der Waals surface area contributed by atoms with Gasteiger partial charge in [-0.05, 0) is 25.1 Å². The Morgan fingerprint density at radius 3 is 2.64 bits per heavy atom. The summed E-state index contributed by atoms with van der Waals surface area (Å²) in [6, 6.07) is 3.85. The molecule has 22 heavy (non-hydrogen) atoms. The van der Waals surface area contributed by atoms with Gasteiger partial charge in [0.1, 0.15) is 12.4 Å². The lowest BCUT2D eigenvalue weighted by Gasteiger charge is -2.10. The highest BCUT2D eigenvalue weighted by Crippen LogP contribution is 2.19. The minimum Gasteiger partial charge on any atom is -0.326 e. The molecule has 1 aromatic heterocycles. The third-order valence-corrected chi connectivity index (χ3v) is 3.72. The Morgan fingerprint density at radius 2 is 2.05 bits per heavy atom. The predicted molar refractivity (Wildman–Crippen MR) is 82.6 cm³/mol. The average molecular weight is 323 g/mol. The van der Waals surface area contributed by atoms with Gasteiger partial charge in [0.2, 0.25) is 11.8 Å². The maximum absolute atomic E-state index is 13.7. The van der Waals surface area contributed by atoms with Gasteiger partial charge in [-0.2, -0.15) is 0 Å². The molecule has 2 N–H and O–H groups in total. The summed E-state index contributed by atoms with van der Waals surface area (Å²) in [5.74, 6) is -1.45. The summed E-state index contributed by atoms with van der Waals surface area (Å²) in [7, 11) is 0. The smallest absolute Gasteiger partial charge is 0.307 e. The summed E-state index contributed by atoms with van der Waals surface area (Å²) in [4.78, 5) is 34.2. The first-order valence-corrected chi connectivity index (χ1v) is 7.26. The fourth-order valence-electron chi connectivity index (χ4n) is 1.83. The topological polar surface area (TPSA) is 80.2 Å². The lowest BCUT2D eigenvalue weighted by atomic mass is 10.2. The van der Waals surface area contributed by atoms with E-state index in [1.54, 1.807) is 12.3 Å². The zero-order valence-electron chi connectivity index (χ0n) is 12.0. The molecule has 0 saturated carbocycles. The van der Waals surface area contributed by atoms with Crippen molar-refractivity contribution < 1.29 is 14.0 Å². The van der Waals surface area contributed by atoms with Crippen molar-refractivity contribution in [3.63, 3.8) is 0 Å². The zero-order valence-corrected chi connectivity index (χ0v) is 12.8. The summed E-state index contributed by atoms with van der Waals surface area (Å²) in [5, 5.41) is 6.54. The van der Waals surface area contributed by atoms with E-state index in [4.69, 9.17) is 0 Å². The quantitative estimate of drug-likeness (QED) is 0.902. The van der Waals surface area contributed by atoms with Gasteiger partial charge in [0.15, 0.2) is 0 Å². The van der Waals surface area contributed by atoms with E-state index in [0.717, 1.165) is 17.4 Å². The number of hydrogen-bond donors (Lipinski definition) is 2. The molecule has 0 radical (unpaired) electrons. The van der Waals surface area contributed by atoms with E-state index < -0.39 is 11.7 Å². The molecular weight excluding hydrogens is 309 g/mol. The van der Waals surface area contributed by atoms with Crippen LogP contribution in [0.1, 0.15) is 12.6 Å². The molecule has 1 aromatic carbocycles. The van der Waals surface area contributed by atoms with Gasteiger partial charge in [-0.15, -0.1) is 0 Å². The van der Waals surface area contributed by atoms with Crippen LogP contribution in [0.15, 0.2) is 28.4 Å². The first kappa shape index (κ1) is 15.9. The average Bonchev–Trinajstić information content (AvgIpc) is 2.74. The lowest BCUT2D eigenvalue weighted by molar-refractivity contribution is -0.117. The molecule has 6 nitrogen and oxygen atoms in total. The Kier molecular flexibility index (Phi) is 4.71. The third kappa shape index (κ3) is 3.79. The minimum atomic E-state index is -0.628. The van der Waals surface area contributed by atoms with Gasteiger partial charge >= 0.3 is 4.87 Å². The lowest BCUT2D eigenvalue weighted by Crippen LogP contribution is -2.25. The molecular formula is C14H14FN3O3S. The van der Waals surface area contributed by atoms with Crippen molar-refractivity contribution in [3.8, 4) is 0 Å². The molecule has 0 unspecified atom stereocenters. The highest BCUT2D eigenvalue weighted by atomic mass is 32.1. The minimum absolute atomic E-state index is 0.0582. The Balaban J connectivity index is 2.14. The van der Waals surface area contributed by atoms with Crippen LogP contribution in [0, 0.1) is 12.7 Å². The number of nitrogens with one attached hydrogen (secondary N) is 2. The molecule has 0 saturated heterocycles. The van der Waals surface area contributed by atoms with Crippen molar-refractivity contribution >= 4 is 34.5 Å². The van der Waals surface area contributed by atoms with Crippen LogP contribution in [0.5, 0.6) is 0 Å². The Hall–Kier alpha value is -2.48. The van der Waals surface area contributed by atoms with Crippen LogP contribution in [0.4, 0.5) is 15.8 Å². The molecule has 0 aliphatic rings. The van der Waals surface area contributed by atoms with Crippen LogP contribution in [0.2, 0.25) is 0 Å². The first-order valence-electron chi connectivity index (χ1n) is 6.38. The monoisotopic (exact) mass is 323 g/mol. The number of aromatic nitrogens is 1. The molecule has 0 spiro atoms. The number of rotatable bonds is 4. The van der Waals surface area contributed by atoms with Gasteiger partial charge in [0.05, 0.1) is 5.69 Å². The number of benzene rings is 1. The first-order chi connectivity index (χ1) is 10.4. The van der Waals surface area contributed by atoms with Gasteiger partial charge < -0.3 is 10.6 Å². The van der Waals surface area contributed by atoms with E-state index in [-0.39, 0.29) is 23.0 Å². The van der Waals surface area contributed by atoms with Crippen molar-refractivity contribution in [2.75, 3.05) is 10.6 Å². The van der Waals surface area contributed by atoms with Crippen LogP contribution in [0.3, 0.4) is 0 Å². The number of carbonyl (C=O) groups is 2. The second-order valence-corrected chi connectivity index (χ2v) is 5.47. The van der Waals surface area contributed by atoms with Crippen LogP contribution in [-0.2, 0) is 16.1 Å². The van der Waals surface area contributed by atoms with Crippen LogP contribution in [0.25, 0.3) is 0 Å². The number of halogens is 1. The number of amides is 2. The Labute approximate surface area is 129 Å². The van der Waals surface area contributed by atoms with E-state index in [2.05, 4.69) is 10.6 Å². The number of nitrogens with zero attached hydrogens (tertiary/aromatic N) is 1. The van der Waals surface area contributed by atoms with Crippen molar-refractivity contribution in [3.05, 3.63) is 44.8 Å². The number of aryl methyl sites for hydroxylation is 1. The summed E-state index contributed by atoms with van der Waals surface area (Å²) in [5.41, 5.74) is 0.975. The van der Waals surface area contributed by atoms with Crippen molar-refractivity contribution in [1.82, 2.24) is 4.57 Å². The number of thiazole rings is 1. The standard InChI is InChI=1S/C14H14FN3O3S/c1-8-7-22-14(21)18(8)6-13(20)17-12-5-10(16-9(2)19)3-4-11(12)15/h3-5,7H,6H2,1-2H3,(H,16,19)(H,17,20). The molecule has 0 bridgehead atoms. The highest BCUT2D eigenvalue weighted by molar-refractivity contribution is 7.07. The second kappa shape index (κ2) is 6.52. The molecule has 2 rings (SSSR count). The SMILES string of the molecule is CC(=O)Nc1ccc(F)c(NC(=O)Cn2c(C)csc2=O)c1. The third-order valence-electron chi connectivity index (χ3n) is 2.84. The maximum atomic E-state index is 13.7. The molecule has 1 heterocycles. The number of carbonyl (C=O) groups excluding carboxylic acids is 2. The molecule has 0 fully saturated rings. The molecule has 0 aliphatic carbocycles. The Bertz CT molecular complexity index is 782. The summed E-state index contributed by atoms with van der Waals surface area (Å²) in [6.45, 7) is 2.84. The van der Waals surface area contributed by atoms with Gasteiger partial charge in [-0.25, -0.2) is 4.39 Å². The molecule has 8 heteroatoms. The van der Waals surface area contributed by atoms with Gasteiger partial charge in [0.25, 0.3) is 0 Å². The fraction of sp³-hybridized carbons (Fsp3) is 0.214. The fourth-order valence-corrected chi connectivity index (χ4v) is 2.57. The largest absolute Gasteiger partial charge is 0.326 e. The van der Waals surface area contributed by atoms with E-state index in [9.17, 15) is 18.8 Å². The van der Waals surface area contributed by atoms with Crippen molar-refractivity contribution in [2.24, 2.45) is 0 Å². The zero-order chi connectivity index (χ0) is 16.3. The van der Waals surface area contributed by atoms with Crippen molar-refractivity contribution in [1.29, 1.82) is 0 Å². The van der Waals surface area contributed by atoms with E-state index >= 15 is 0 Å². The molecule has 0 atom stereocenters. The highest BCUT2D eigenvalue weighted by Gasteiger charge is 2.11. The summed E-state index contributed by atoms with van der Waals surface area (Å²) >= 11 is 0.998. The van der Waals surface area contributed by atoms with E-state index in [1.165, 1.54) is 23.6 Å². The number of anilines is 2. The molecule has 0 aliphatic heterocycles. The van der Waals surface area contributed by atoms with Gasteiger partial charge in [0, 0.05) is 23.7 Å². The van der Waals surface area contributed by atoms with Gasteiger partial charge in [-0.3, -0.25) is 19.0 Å². The van der Waals surface area contributed by atoms with E-state index in [0.29, 0.717) is 11.4 Å². The molecule has 2 aromatic rings. The van der Waals surface area contributed by atoms with E-state index in [1.807, 2.05) is 0 Å².